The Morgan fingerprint density at radius 2 is 1.95 bits per heavy atom. The van der Waals surface area contributed by atoms with E-state index in [1.54, 1.807) is 31.2 Å². The Kier molecular flexibility index (Phi) is 4.55. The molecule has 0 aliphatic rings. The average molecular weight is 302 g/mol. The van der Waals surface area contributed by atoms with E-state index >= 15 is 0 Å². The van der Waals surface area contributed by atoms with E-state index in [9.17, 15) is 19.5 Å². The molecular formula is C15H16N3O4-. The van der Waals surface area contributed by atoms with Crippen LogP contribution in [0.5, 0.6) is 0 Å². The molecular weight excluding hydrogens is 286 g/mol. The molecule has 2 aromatic rings. The molecule has 1 heterocycles. The lowest BCUT2D eigenvalue weighted by Crippen LogP contribution is -2.51. The Balaban J connectivity index is 2.40. The minimum Gasteiger partial charge on any atom is -0.548 e. The number of nitrogens with one attached hydrogen (secondary N) is 2. The van der Waals surface area contributed by atoms with Gasteiger partial charge in [0, 0.05) is 5.39 Å². The van der Waals surface area contributed by atoms with Crippen LogP contribution in [0, 0.1) is 5.92 Å². The highest BCUT2D eigenvalue weighted by Crippen LogP contribution is 2.13. The highest BCUT2D eigenvalue weighted by Gasteiger charge is 2.22. The Morgan fingerprint density at radius 3 is 2.55 bits per heavy atom. The molecule has 7 nitrogen and oxygen atoms in total. The predicted molar refractivity (Wildman–Crippen MR) is 78.1 cm³/mol. The van der Waals surface area contributed by atoms with Gasteiger partial charge in [0.25, 0.3) is 11.5 Å². The molecule has 0 radical (unpaired) electrons. The van der Waals surface area contributed by atoms with E-state index in [4.69, 9.17) is 0 Å². The number of carbonyl (C=O) groups excluding carboxylic acids is 2. The minimum atomic E-state index is -1.35. The lowest BCUT2D eigenvalue weighted by molar-refractivity contribution is -0.309. The van der Waals surface area contributed by atoms with E-state index in [1.807, 2.05) is 6.92 Å². The van der Waals surface area contributed by atoms with Crippen LogP contribution in [0.25, 0.3) is 10.8 Å². The normalized spacial score (nSPS) is 13.5. The van der Waals surface area contributed by atoms with Crippen LogP contribution in [0.4, 0.5) is 0 Å². The Hall–Kier alpha value is -2.70. The molecule has 22 heavy (non-hydrogen) atoms. The van der Waals surface area contributed by atoms with Gasteiger partial charge in [-0.05, 0) is 12.0 Å². The molecule has 1 amide bonds. The third-order valence-electron chi connectivity index (χ3n) is 3.66. The lowest BCUT2D eigenvalue weighted by atomic mass is 9.99. The fourth-order valence-electron chi connectivity index (χ4n) is 2.17. The molecule has 116 valence electrons. The summed E-state index contributed by atoms with van der Waals surface area (Å²) < 4.78 is 0. The maximum Gasteiger partial charge on any atom is 0.272 e. The average Bonchev–Trinajstić information content (AvgIpc) is 2.52. The summed E-state index contributed by atoms with van der Waals surface area (Å²) in [7, 11) is 0. The van der Waals surface area contributed by atoms with Crippen molar-refractivity contribution in [3.05, 3.63) is 40.3 Å². The first-order valence-corrected chi connectivity index (χ1v) is 6.94. The van der Waals surface area contributed by atoms with Gasteiger partial charge in [0.15, 0.2) is 5.69 Å². The number of hydrogen-bond acceptors (Lipinski definition) is 5. The number of aliphatic carboxylic acids is 1. The Labute approximate surface area is 126 Å². The number of H-pyrrole nitrogens is 1. The number of aromatic nitrogens is 2. The standard InChI is InChI=1S/C15H17N3O4/c1-3-8(2)11(15(21)22)16-14(20)12-9-6-4-5-7-10(9)13(19)18-17-12/h4-8,11H,3H2,1-2H3,(H,16,20)(H,18,19)(H,21,22)/p-1/t8-,11+/m0/s1. The highest BCUT2D eigenvalue weighted by atomic mass is 16.4. The van der Waals surface area contributed by atoms with Crippen LogP contribution in [0.1, 0.15) is 30.8 Å². The molecule has 0 saturated carbocycles. The smallest absolute Gasteiger partial charge is 0.272 e. The first-order valence-electron chi connectivity index (χ1n) is 6.94. The van der Waals surface area contributed by atoms with Gasteiger partial charge in [-0.2, -0.15) is 5.10 Å². The van der Waals surface area contributed by atoms with Crippen LogP contribution in [0.3, 0.4) is 0 Å². The Morgan fingerprint density at radius 1 is 1.32 bits per heavy atom. The van der Waals surface area contributed by atoms with Crippen LogP contribution < -0.4 is 16.0 Å². The summed E-state index contributed by atoms with van der Waals surface area (Å²) in [4.78, 5) is 35.2. The van der Waals surface area contributed by atoms with Crippen molar-refractivity contribution >= 4 is 22.6 Å². The van der Waals surface area contributed by atoms with Gasteiger partial charge in [-0.25, -0.2) is 5.10 Å². The summed E-state index contributed by atoms with van der Waals surface area (Å²) in [6.07, 6.45) is 0.568. The van der Waals surface area contributed by atoms with E-state index in [0.717, 1.165) is 0 Å². The van der Waals surface area contributed by atoms with Crippen molar-refractivity contribution < 1.29 is 14.7 Å². The monoisotopic (exact) mass is 302 g/mol. The van der Waals surface area contributed by atoms with Crippen molar-refractivity contribution in [3.8, 4) is 0 Å². The third-order valence-corrected chi connectivity index (χ3v) is 3.66. The summed E-state index contributed by atoms with van der Waals surface area (Å²) in [6.45, 7) is 3.53. The first kappa shape index (κ1) is 15.7. The predicted octanol–water partition coefficient (Wildman–Crippen LogP) is -0.183. The fraction of sp³-hybridized carbons (Fsp3) is 0.333. The second-order valence-electron chi connectivity index (χ2n) is 5.10. The van der Waals surface area contributed by atoms with Crippen molar-refractivity contribution in [2.24, 2.45) is 5.92 Å². The molecule has 0 unspecified atom stereocenters. The van der Waals surface area contributed by atoms with Gasteiger partial charge in [-0.1, -0.05) is 38.5 Å². The third kappa shape index (κ3) is 2.98. The molecule has 7 heteroatoms. The molecule has 1 aromatic carbocycles. The number of carboxylic acid groups (broad SMARTS) is 1. The summed E-state index contributed by atoms with van der Waals surface area (Å²) in [5, 5.41) is 20.3. The van der Waals surface area contributed by atoms with Gasteiger partial charge < -0.3 is 15.2 Å². The van der Waals surface area contributed by atoms with E-state index in [2.05, 4.69) is 15.5 Å². The number of benzene rings is 1. The number of amides is 1. The molecule has 0 aliphatic heterocycles. The maximum absolute atomic E-state index is 12.3. The summed E-state index contributed by atoms with van der Waals surface area (Å²) in [5.74, 6) is -2.30. The quantitative estimate of drug-likeness (QED) is 0.795. The van der Waals surface area contributed by atoms with Crippen molar-refractivity contribution in [2.45, 2.75) is 26.3 Å². The zero-order valence-corrected chi connectivity index (χ0v) is 12.3. The zero-order valence-electron chi connectivity index (χ0n) is 12.3. The number of carboxylic acids is 1. The van der Waals surface area contributed by atoms with Crippen molar-refractivity contribution in [3.63, 3.8) is 0 Å². The number of carbonyl (C=O) groups is 2. The fourth-order valence-corrected chi connectivity index (χ4v) is 2.17. The van der Waals surface area contributed by atoms with Gasteiger partial charge in [-0.15, -0.1) is 0 Å². The van der Waals surface area contributed by atoms with Crippen LogP contribution >= 0.6 is 0 Å². The molecule has 2 N–H and O–H groups in total. The number of nitrogens with zero attached hydrogens (tertiary/aromatic N) is 1. The van der Waals surface area contributed by atoms with E-state index in [1.165, 1.54) is 0 Å². The Bertz CT molecular complexity index is 769. The summed E-state index contributed by atoms with van der Waals surface area (Å²) in [5.41, 5.74) is -0.435. The van der Waals surface area contributed by atoms with Gasteiger partial charge in [0.1, 0.15) is 0 Å². The molecule has 2 rings (SSSR count). The molecule has 0 bridgehead atoms. The van der Waals surface area contributed by atoms with Crippen LogP contribution in [-0.4, -0.2) is 28.1 Å². The molecule has 0 spiro atoms. The second kappa shape index (κ2) is 6.38. The first-order chi connectivity index (χ1) is 10.5. The maximum atomic E-state index is 12.3. The molecule has 1 aromatic heterocycles. The minimum absolute atomic E-state index is 0.0234. The summed E-state index contributed by atoms with van der Waals surface area (Å²) >= 11 is 0. The zero-order chi connectivity index (χ0) is 16.3. The molecule has 0 aliphatic carbocycles. The van der Waals surface area contributed by atoms with Crippen molar-refractivity contribution in [1.82, 2.24) is 15.5 Å². The van der Waals surface area contributed by atoms with Gasteiger partial charge in [0.05, 0.1) is 17.4 Å². The van der Waals surface area contributed by atoms with E-state index < -0.39 is 23.5 Å². The van der Waals surface area contributed by atoms with Crippen molar-refractivity contribution in [2.75, 3.05) is 0 Å². The van der Waals surface area contributed by atoms with Crippen LogP contribution in [0.15, 0.2) is 29.1 Å². The summed E-state index contributed by atoms with van der Waals surface area (Å²) in [6, 6.07) is 5.37. The molecule has 0 fully saturated rings. The number of fused-ring (bicyclic) bond motifs is 1. The molecule has 2 atom stereocenters. The highest BCUT2D eigenvalue weighted by molar-refractivity contribution is 6.05. The largest absolute Gasteiger partial charge is 0.548 e. The lowest BCUT2D eigenvalue weighted by Gasteiger charge is -2.25. The van der Waals surface area contributed by atoms with E-state index in [0.29, 0.717) is 17.2 Å². The van der Waals surface area contributed by atoms with Gasteiger partial charge in [0.2, 0.25) is 0 Å². The van der Waals surface area contributed by atoms with Gasteiger partial charge >= 0.3 is 0 Å². The van der Waals surface area contributed by atoms with Crippen LogP contribution in [0.2, 0.25) is 0 Å². The van der Waals surface area contributed by atoms with Crippen molar-refractivity contribution in [1.29, 1.82) is 0 Å². The number of hydrogen-bond donors (Lipinski definition) is 2. The molecule has 0 saturated heterocycles. The second-order valence-corrected chi connectivity index (χ2v) is 5.10. The van der Waals surface area contributed by atoms with E-state index in [-0.39, 0.29) is 11.6 Å². The number of rotatable bonds is 5. The topological polar surface area (TPSA) is 115 Å². The SMILES string of the molecule is CC[C@H](C)[C@@H](NC(=O)c1n[nH]c(=O)c2ccccc12)C(=O)[O-]. The van der Waals surface area contributed by atoms with Crippen LogP contribution in [-0.2, 0) is 4.79 Å². The van der Waals surface area contributed by atoms with Gasteiger partial charge in [-0.3, -0.25) is 9.59 Å². The number of aromatic amines is 1.